The first-order chi connectivity index (χ1) is 8.76. The van der Waals surface area contributed by atoms with Gasteiger partial charge in [-0.1, -0.05) is 46.5 Å². The highest BCUT2D eigenvalue weighted by Crippen LogP contribution is 2.38. The summed E-state index contributed by atoms with van der Waals surface area (Å²) >= 11 is 0. The molecule has 0 aromatic carbocycles. The summed E-state index contributed by atoms with van der Waals surface area (Å²) < 4.78 is 6.08. The van der Waals surface area contributed by atoms with Gasteiger partial charge < -0.3 is 9.53 Å². The maximum Gasteiger partial charge on any atom is 0.191 e. The molecule has 1 N–H and O–H groups in total. The Morgan fingerprint density at radius 1 is 1.00 bits per heavy atom. The second-order valence-corrected chi connectivity index (χ2v) is 12.6. The van der Waals surface area contributed by atoms with Crippen LogP contribution in [0.15, 0.2) is 0 Å². The summed E-state index contributed by atoms with van der Waals surface area (Å²) in [5.41, 5.74) is 0. The van der Waals surface area contributed by atoms with Gasteiger partial charge in [-0.15, -0.1) is 0 Å². The summed E-state index contributed by atoms with van der Waals surface area (Å²) in [5.74, 6) is 1.90. The van der Waals surface area contributed by atoms with Crippen molar-refractivity contribution >= 4 is 8.32 Å². The second kappa shape index (κ2) is 7.23. The van der Waals surface area contributed by atoms with Crippen LogP contribution in [0.3, 0.4) is 0 Å². The summed E-state index contributed by atoms with van der Waals surface area (Å²) in [6, 6.07) is 0. The zero-order valence-corrected chi connectivity index (χ0v) is 14.7. The van der Waals surface area contributed by atoms with Crippen LogP contribution in [0.25, 0.3) is 0 Å². The normalized spacial score (nSPS) is 19.9. The molecule has 0 atom stereocenters. The lowest BCUT2D eigenvalue weighted by Gasteiger charge is -2.36. The van der Waals surface area contributed by atoms with Gasteiger partial charge in [-0.2, -0.15) is 0 Å². The fourth-order valence-corrected chi connectivity index (χ4v) is 2.75. The molecule has 0 amide bonds. The van der Waals surface area contributed by atoms with E-state index < -0.39 is 8.32 Å². The Kier molecular flexibility index (Phi) is 6.54. The van der Waals surface area contributed by atoms with Crippen LogP contribution < -0.4 is 0 Å². The predicted octanol–water partition coefficient (Wildman–Crippen LogP) is 4.59. The third-order valence-electron chi connectivity index (χ3n) is 4.73. The van der Waals surface area contributed by atoms with Crippen LogP contribution in [0.2, 0.25) is 18.1 Å². The van der Waals surface area contributed by atoms with Crippen molar-refractivity contribution in [3.8, 4) is 0 Å². The van der Waals surface area contributed by atoms with Gasteiger partial charge in [0.2, 0.25) is 0 Å². The van der Waals surface area contributed by atoms with Gasteiger partial charge in [-0.25, -0.2) is 0 Å². The highest BCUT2D eigenvalue weighted by Gasteiger charge is 2.37. The topological polar surface area (TPSA) is 29.5 Å². The summed E-state index contributed by atoms with van der Waals surface area (Å²) in [6.45, 7) is 13.0. The van der Waals surface area contributed by atoms with E-state index in [0.29, 0.717) is 11.6 Å². The minimum absolute atomic E-state index is 0.372. The van der Waals surface area contributed by atoms with Gasteiger partial charge >= 0.3 is 0 Å². The summed E-state index contributed by atoms with van der Waals surface area (Å²) in [5, 5.41) is 8.65. The molecular formula is C16H34O2Si. The monoisotopic (exact) mass is 286 g/mol. The summed E-state index contributed by atoms with van der Waals surface area (Å²) in [4.78, 5) is 0. The van der Waals surface area contributed by atoms with Crippen LogP contribution >= 0.6 is 0 Å². The molecule has 2 aliphatic rings. The first-order valence-electron chi connectivity index (χ1n) is 8.01. The lowest BCUT2D eigenvalue weighted by molar-refractivity contribution is 0.275. The first-order valence-corrected chi connectivity index (χ1v) is 10.9. The first kappa shape index (κ1) is 17.2. The fourth-order valence-electron chi connectivity index (χ4n) is 1.69. The van der Waals surface area contributed by atoms with Gasteiger partial charge in [0.25, 0.3) is 0 Å². The zero-order chi connectivity index (χ0) is 14.5. The number of aliphatic hydroxyl groups is 1. The second-order valence-electron chi connectivity index (χ2n) is 7.80. The van der Waals surface area contributed by atoms with Crippen LogP contribution in [-0.2, 0) is 4.43 Å². The van der Waals surface area contributed by atoms with Gasteiger partial charge in [-0.05, 0) is 42.8 Å². The summed E-state index contributed by atoms with van der Waals surface area (Å²) in [7, 11) is -1.44. The van der Waals surface area contributed by atoms with Gasteiger partial charge in [0, 0.05) is 13.2 Å². The van der Waals surface area contributed by atoms with E-state index in [9.17, 15) is 0 Å². The smallest absolute Gasteiger partial charge is 0.191 e. The highest BCUT2D eigenvalue weighted by molar-refractivity contribution is 6.74. The molecule has 2 saturated carbocycles. The lowest BCUT2D eigenvalue weighted by Crippen LogP contribution is -2.41. The van der Waals surface area contributed by atoms with E-state index in [1.54, 1.807) is 0 Å². The van der Waals surface area contributed by atoms with Crippen molar-refractivity contribution in [2.45, 2.75) is 77.4 Å². The standard InChI is InChI=1S/C11H24OSi.C5H10O/c1-11(2,3)13(4,5)12-9-8-10-6-7-10;6-4-3-5-1-2-5/h10H,6-9H2,1-5H3;5-6H,1-4H2. The van der Waals surface area contributed by atoms with Gasteiger partial charge in [0.1, 0.15) is 0 Å². The fraction of sp³-hybridized carbons (Fsp3) is 1.00. The van der Waals surface area contributed by atoms with Gasteiger partial charge in [0.05, 0.1) is 0 Å². The molecule has 3 heteroatoms. The maximum atomic E-state index is 8.28. The molecule has 0 aromatic heterocycles. The van der Waals surface area contributed by atoms with Crippen molar-refractivity contribution < 1.29 is 9.53 Å². The average molecular weight is 287 g/mol. The lowest BCUT2D eigenvalue weighted by atomic mass is 10.2. The Hall–Kier alpha value is 0.137. The van der Waals surface area contributed by atoms with E-state index >= 15 is 0 Å². The molecule has 19 heavy (non-hydrogen) atoms. The third-order valence-corrected chi connectivity index (χ3v) is 9.26. The molecule has 2 fully saturated rings. The van der Waals surface area contributed by atoms with Gasteiger partial charge in [0.15, 0.2) is 8.32 Å². The molecule has 0 unspecified atom stereocenters. The van der Waals surface area contributed by atoms with E-state index in [1.165, 1.54) is 32.1 Å². The molecular weight excluding hydrogens is 252 g/mol. The SMILES string of the molecule is CC(C)(C)[Si](C)(C)OCCC1CC1.OCCC1CC1. The molecule has 0 aliphatic heterocycles. The third kappa shape index (κ3) is 7.47. The van der Waals surface area contributed by atoms with Gasteiger partial charge in [-0.3, -0.25) is 0 Å². The Balaban J connectivity index is 0.000000250. The molecule has 0 saturated heterocycles. The van der Waals surface area contributed by atoms with Crippen molar-refractivity contribution in [1.82, 2.24) is 0 Å². The molecule has 0 spiro atoms. The van der Waals surface area contributed by atoms with E-state index in [4.69, 9.17) is 9.53 Å². The minimum atomic E-state index is -1.44. The summed E-state index contributed by atoms with van der Waals surface area (Å²) in [6.07, 6.45) is 7.95. The average Bonchev–Trinajstić information content (AvgIpc) is 3.11. The predicted molar refractivity (Wildman–Crippen MR) is 84.9 cm³/mol. The van der Waals surface area contributed by atoms with Crippen molar-refractivity contribution in [3.63, 3.8) is 0 Å². The molecule has 0 bridgehead atoms. The number of hydrogen-bond acceptors (Lipinski definition) is 2. The Bertz CT molecular complexity index is 250. The van der Waals surface area contributed by atoms with Crippen molar-refractivity contribution in [3.05, 3.63) is 0 Å². The maximum absolute atomic E-state index is 8.28. The molecule has 2 nitrogen and oxygen atoms in total. The van der Waals surface area contributed by atoms with E-state index in [1.807, 2.05) is 0 Å². The Morgan fingerprint density at radius 2 is 1.47 bits per heavy atom. The highest BCUT2D eigenvalue weighted by atomic mass is 28.4. The number of aliphatic hydroxyl groups excluding tert-OH is 1. The van der Waals surface area contributed by atoms with Crippen molar-refractivity contribution in [1.29, 1.82) is 0 Å². The van der Waals surface area contributed by atoms with E-state index in [0.717, 1.165) is 24.9 Å². The van der Waals surface area contributed by atoms with Crippen LogP contribution in [0.5, 0.6) is 0 Å². The van der Waals surface area contributed by atoms with E-state index in [2.05, 4.69) is 33.9 Å². The molecule has 0 aromatic rings. The number of hydrogen-bond donors (Lipinski definition) is 1. The molecule has 0 radical (unpaired) electrons. The zero-order valence-electron chi connectivity index (χ0n) is 13.7. The van der Waals surface area contributed by atoms with Crippen molar-refractivity contribution in [2.75, 3.05) is 13.2 Å². The molecule has 0 heterocycles. The van der Waals surface area contributed by atoms with E-state index in [-0.39, 0.29) is 0 Å². The minimum Gasteiger partial charge on any atom is -0.417 e. The van der Waals surface area contributed by atoms with Crippen LogP contribution in [0.4, 0.5) is 0 Å². The number of rotatable bonds is 6. The van der Waals surface area contributed by atoms with Crippen LogP contribution in [0, 0.1) is 11.8 Å². The molecule has 2 rings (SSSR count). The molecule has 114 valence electrons. The van der Waals surface area contributed by atoms with Crippen LogP contribution in [0.1, 0.15) is 59.3 Å². The quantitative estimate of drug-likeness (QED) is 0.724. The molecule has 2 aliphatic carbocycles. The Morgan fingerprint density at radius 3 is 1.79 bits per heavy atom. The largest absolute Gasteiger partial charge is 0.417 e. The van der Waals surface area contributed by atoms with Crippen LogP contribution in [-0.4, -0.2) is 26.6 Å². The Labute approximate surface area is 121 Å². The van der Waals surface area contributed by atoms with Crippen molar-refractivity contribution in [2.24, 2.45) is 11.8 Å².